The van der Waals surface area contributed by atoms with Gasteiger partial charge in [-0.15, -0.1) is 0 Å². The normalized spacial score (nSPS) is 18.6. The number of ether oxygens (including phenoxy) is 1. The lowest BCUT2D eigenvalue weighted by molar-refractivity contribution is -0.126. The highest BCUT2D eigenvalue weighted by atomic mass is 28.4. The van der Waals surface area contributed by atoms with Crippen LogP contribution in [-0.2, 0) is 14.0 Å². The van der Waals surface area contributed by atoms with Gasteiger partial charge in [-0.05, 0) is 31.0 Å². The molecule has 106 valence electrons. The lowest BCUT2D eigenvalue weighted by Gasteiger charge is -2.37. The van der Waals surface area contributed by atoms with Crippen molar-refractivity contribution in [1.29, 1.82) is 0 Å². The summed E-state index contributed by atoms with van der Waals surface area (Å²) in [5.74, 6) is 0.302. The van der Waals surface area contributed by atoms with E-state index in [1.807, 2.05) is 0 Å². The van der Waals surface area contributed by atoms with Gasteiger partial charge in [0.2, 0.25) is 5.91 Å². The SMILES string of the molecule is COC(CO[Si](C)(C)C(C)(C)C)NC(=O)C1CC1. The van der Waals surface area contributed by atoms with Crippen LogP contribution in [-0.4, -0.2) is 34.2 Å². The second kappa shape index (κ2) is 5.71. The average molecular weight is 273 g/mol. The van der Waals surface area contributed by atoms with Gasteiger partial charge in [-0.1, -0.05) is 20.8 Å². The maximum absolute atomic E-state index is 11.7. The zero-order valence-electron chi connectivity index (χ0n) is 12.5. The van der Waals surface area contributed by atoms with E-state index in [0.717, 1.165) is 12.8 Å². The molecule has 1 unspecified atom stereocenters. The monoisotopic (exact) mass is 273 g/mol. The van der Waals surface area contributed by atoms with Crippen molar-refractivity contribution in [3.05, 3.63) is 0 Å². The fraction of sp³-hybridized carbons (Fsp3) is 0.923. The first kappa shape index (κ1) is 15.7. The summed E-state index contributed by atoms with van der Waals surface area (Å²) in [5.41, 5.74) is 0. The van der Waals surface area contributed by atoms with E-state index in [0.29, 0.717) is 6.61 Å². The molecular formula is C13H27NO3Si. The Morgan fingerprint density at radius 2 is 1.94 bits per heavy atom. The van der Waals surface area contributed by atoms with Crippen molar-refractivity contribution in [2.45, 2.75) is 58.0 Å². The van der Waals surface area contributed by atoms with Gasteiger partial charge in [-0.25, -0.2) is 0 Å². The van der Waals surface area contributed by atoms with E-state index in [1.54, 1.807) is 7.11 Å². The number of amides is 1. The van der Waals surface area contributed by atoms with Crippen LogP contribution in [0.2, 0.25) is 18.1 Å². The van der Waals surface area contributed by atoms with Gasteiger partial charge >= 0.3 is 0 Å². The lowest BCUT2D eigenvalue weighted by atomic mass is 10.2. The van der Waals surface area contributed by atoms with Crippen molar-refractivity contribution in [3.63, 3.8) is 0 Å². The molecule has 1 saturated carbocycles. The Labute approximate surface area is 112 Å². The summed E-state index contributed by atoms with van der Waals surface area (Å²) < 4.78 is 11.3. The average Bonchev–Trinajstić information content (AvgIpc) is 3.05. The molecule has 1 amide bonds. The molecule has 4 nitrogen and oxygen atoms in total. The van der Waals surface area contributed by atoms with Gasteiger partial charge in [-0.2, -0.15) is 0 Å². The fourth-order valence-electron chi connectivity index (χ4n) is 1.29. The highest BCUT2D eigenvalue weighted by molar-refractivity contribution is 6.74. The Morgan fingerprint density at radius 3 is 2.33 bits per heavy atom. The van der Waals surface area contributed by atoms with Crippen LogP contribution in [0.1, 0.15) is 33.6 Å². The predicted molar refractivity (Wildman–Crippen MR) is 74.8 cm³/mol. The second-order valence-corrected chi connectivity index (χ2v) is 11.4. The molecule has 1 fully saturated rings. The molecule has 1 aliphatic rings. The summed E-state index contributed by atoms with van der Waals surface area (Å²) in [6.45, 7) is 11.4. The van der Waals surface area contributed by atoms with E-state index in [4.69, 9.17) is 9.16 Å². The molecule has 1 atom stereocenters. The van der Waals surface area contributed by atoms with Gasteiger partial charge in [-0.3, -0.25) is 4.79 Å². The molecule has 0 saturated heterocycles. The van der Waals surface area contributed by atoms with E-state index in [1.165, 1.54) is 0 Å². The smallest absolute Gasteiger partial charge is 0.225 e. The Hall–Kier alpha value is -0.393. The van der Waals surface area contributed by atoms with E-state index >= 15 is 0 Å². The number of methoxy groups -OCH3 is 1. The van der Waals surface area contributed by atoms with Crippen molar-refractivity contribution in [2.24, 2.45) is 5.92 Å². The molecule has 18 heavy (non-hydrogen) atoms. The molecule has 0 radical (unpaired) electrons. The molecule has 0 spiro atoms. The summed E-state index contributed by atoms with van der Waals surface area (Å²) in [6, 6.07) is 0. The maximum Gasteiger partial charge on any atom is 0.225 e. The summed E-state index contributed by atoms with van der Waals surface area (Å²) in [6.07, 6.45) is 1.68. The van der Waals surface area contributed by atoms with Crippen molar-refractivity contribution in [1.82, 2.24) is 5.32 Å². The van der Waals surface area contributed by atoms with Crippen LogP contribution < -0.4 is 5.32 Å². The molecule has 0 aromatic rings. The van der Waals surface area contributed by atoms with Gasteiger partial charge in [0.15, 0.2) is 14.5 Å². The standard InChI is InChI=1S/C13H27NO3Si/c1-13(2,3)18(5,6)17-9-11(16-4)14-12(15)10-7-8-10/h10-11H,7-9H2,1-6H3,(H,14,15). The van der Waals surface area contributed by atoms with E-state index < -0.39 is 8.32 Å². The van der Waals surface area contributed by atoms with Crippen LogP contribution in [0, 0.1) is 5.92 Å². The molecule has 5 heteroatoms. The summed E-state index contributed by atoms with van der Waals surface area (Å²) in [4.78, 5) is 11.7. The Bertz CT molecular complexity index is 295. The van der Waals surface area contributed by atoms with E-state index in [-0.39, 0.29) is 23.1 Å². The highest BCUT2D eigenvalue weighted by Crippen LogP contribution is 2.36. The third kappa shape index (κ3) is 4.37. The first-order valence-corrected chi connectivity index (χ1v) is 9.55. The van der Waals surface area contributed by atoms with Crippen molar-refractivity contribution >= 4 is 14.2 Å². The van der Waals surface area contributed by atoms with Gasteiger partial charge in [0.05, 0.1) is 6.61 Å². The molecule has 1 rings (SSSR count). The first-order valence-electron chi connectivity index (χ1n) is 6.64. The van der Waals surface area contributed by atoms with Crippen molar-refractivity contribution < 1.29 is 14.0 Å². The number of carbonyl (C=O) groups is 1. The van der Waals surface area contributed by atoms with Gasteiger partial charge in [0, 0.05) is 13.0 Å². The number of hydrogen-bond acceptors (Lipinski definition) is 3. The molecule has 0 bridgehead atoms. The number of rotatable bonds is 6. The lowest BCUT2D eigenvalue weighted by Crippen LogP contribution is -2.47. The Balaban J connectivity index is 2.41. The second-order valence-electron chi connectivity index (χ2n) is 6.58. The minimum atomic E-state index is -1.78. The van der Waals surface area contributed by atoms with Gasteiger partial charge in [0.1, 0.15) is 0 Å². The van der Waals surface area contributed by atoms with Crippen molar-refractivity contribution in [2.75, 3.05) is 13.7 Å². The van der Waals surface area contributed by atoms with E-state index in [9.17, 15) is 4.79 Å². The molecule has 1 aliphatic carbocycles. The fourth-order valence-corrected chi connectivity index (χ4v) is 2.29. The number of nitrogens with one attached hydrogen (secondary N) is 1. The first-order chi connectivity index (χ1) is 8.17. The highest BCUT2D eigenvalue weighted by Gasteiger charge is 2.38. The zero-order valence-corrected chi connectivity index (χ0v) is 13.5. The van der Waals surface area contributed by atoms with Crippen LogP contribution in [0.15, 0.2) is 0 Å². The van der Waals surface area contributed by atoms with Crippen LogP contribution >= 0.6 is 0 Å². The predicted octanol–water partition coefficient (Wildman–Crippen LogP) is 2.51. The zero-order chi connectivity index (χ0) is 14.0. The van der Waals surface area contributed by atoms with Gasteiger partial charge < -0.3 is 14.5 Å². The third-order valence-corrected chi connectivity index (χ3v) is 8.44. The summed E-state index contributed by atoms with van der Waals surface area (Å²) >= 11 is 0. The van der Waals surface area contributed by atoms with Crippen LogP contribution in [0.4, 0.5) is 0 Å². The minimum Gasteiger partial charge on any atom is -0.412 e. The van der Waals surface area contributed by atoms with Crippen LogP contribution in [0.5, 0.6) is 0 Å². The number of carbonyl (C=O) groups excluding carboxylic acids is 1. The third-order valence-electron chi connectivity index (χ3n) is 3.94. The molecule has 0 heterocycles. The Kier molecular flexibility index (Phi) is 4.97. The largest absolute Gasteiger partial charge is 0.412 e. The number of hydrogen-bond donors (Lipinski definition) is 1. The molecular weight excluding hydrogens is 246 g/mol. The summed E-state index contributed by atoms with van der Waals surface area (Å²) in [7, 11) is -0.174. The molecule has 0 aliphatic heterocycles. The molecule has 1 N–H and O–H groups in total. The van der Waals surface area contributed by atoms with E-state index in [2.05, 4.69) is 39.2 Å². The molecule has 0 aromatic carbocycles. The van der Waals surface area contributed by atoms with Gasteiger partial charge in [0.25, 0.3) is 0 Å². The summed E-state index contributed by atoms with van der Waals surface area (Å²) in [5, 5.41) is 3.06. The van der Waals surface area contributed by atoms with Crippen LogP contribution in [0.25, 0.3) is 0 Å². The minimum absolute atomic E-state index is 0.0979. The van der Waals surface area contributed by atoms with Crippen LogP contribution in [0.3, 0.4) is 0 Å². The molecule has 0 aromatic heterocycles. The maximum atomic E-state index is 11.7. The van der Waals surface area contributed by atoms with Crippen molar-refractivity contribution in [3.8, 4) is 0 Å². The quantitative estimate of drug-likeness (QED) is 0.597. The Morgan fingerprint density at radius 1 is 1.39 bits per heavy atom. The topological polar surface area (TPSA) is 47.6 Å².